The molecule has 0 aliphatic heterocycles. The number of hydrogen-bond acceptors (Lipinski definition) is 6. The number of aromatic nitrogens is 2. The van der Waals surface area contributed by atoms with Crippen LogP contribution < -0.4 is 11.1 Å². The molecule has 0 aliphatic carbocycles. The van der Waals surface area contributed by atoms with Crippen LogP contribution in [0.1, 0.15) is 18.5 Å². The SMILES string of the molecule is COC(=O)C(N)CCC(=O)NC(Cc1c[nH]cn1)C(=O)O. The zero-order valence-electron chi connectivity index (χ0n) is 11.5. The summed E-state index contributed by atoms with van der Waals surface area (Å²) in [6.07, 6.45) is 3.04. The van der Waals surface area contributed by atoms with Crippen molar-refractivity contribution in [2.45, 2.75) is 31.3 Å². The molecule has 2 unspecified atom stereocenters. The van der Waals surface area contributed by atoms with Crippen LogP contribution in [0, 0.1) is 0 Å². The summed E-state index contributed by atoms with van der Waals surface area (Å²) in [5, 5.41) is 11.4. The van der Waals surface area contributed by atoms with E-state index in [0.717, 1.165) is 0 Å². The number of rotatable bonds is 8. The number of aromatic amines is 1. The Kier molecular flexibility index (Phi) is 6.34. The summed E-state index contributed by atoms with van der Waals surface area (Å²) in [7, 11) is 1.20. The van der Waals surface area contributed by atoms with Gasteiger partial charge in [-0.3, -0.25) is 9.59 Å². The largest absolute Gasteiger partial charge is 0.480 e. The molecule has 1 aromatic heterocycles. The van der Waals surface area contributed by atoms with Gasteiger partial charge in [0.25, 0.3) is 0 Å². The fraction of sp³-hybridized carbons (Fsp3) is 0.500. The fourth-order valence-electron chi connectivity index (χ4n) is 1.63. The molecule has 1 rings (SSSR count). The molecule has 0 aromatic carbocycles. The van der Waals surface area contributed by atoms with Gasteiger partial charge >= 0.3 is 11.9 Å². The summed E-state index contributed by atoms with van der Waals surface area (Å²) in [5.41, 5.74) is 6.01. The molecule has 0 spiro atoms. The van der Waals surface area contributed by atoms with Gasteiger partial charge in [0, 0.05) is 19.0 Å². The van der Waals surface area contributed by atoms with Gasteiger partial charge in [-0.05, 0) is 6.42 Å². The third-order valence-corrected chi connectivity index (χ3v) is 2.79. The summed E-state index contributed by atoms with van der Waals surface area (Å²) in [4.78, 5) is 40.5. The minimum Gasteiger partial charge on any atom is -0.480 e. The van der Waals surface area contributed by atoms with Crippen LogP contribution in [0.2, 0.25) is 0 Å². The van der Waals surface area contributed by atoms with Gasteiger partial charge in [0.1, 0.15) is 12.1 Å². The molecule has 1 heterocycles. The minimum absolute atomic E-state index is 0.0631. The zero-order chi connectivity index (χ0) is 15.8. The number of nitrogens with two attached hydrogens (primary N) is 1. The summed E-state index contributed by atoms with van der Waals surface area (Å²) in [6, 6.07) is -1.99. The summed E-state index contributed by atoms with van der Waals surface area (Å²) < 4.78 is 4.43. The Balaban J connectivity index is 2.46. The number of nitrogens with one attached hydrogen (secondary N) is 2. The van der Waals surface area contributed by atoms with Gasteiger partial charge in [0.05, 0.1) is 19.1 Å². The van der Waals surface area contributed by atoms with E-state index < -0.39 is 29.9 Å². The molecule has 0 aliphatic rings. The Morgan fingerprint density at radius 1 is 1.52 bits per heavy atom. The summed E-state index contributed by atoms with van der Waals surface area (Å²) in [5.74, 6) is -2.28. The number of esters is 1. The highest BCUT2D eigenvalue weighted by atomic mass is 16.5. The van der Waals surface area contributed by atoms with Crippen molar-refractivity contribution in [2.75, 3.05) is 7.11 Å². The number of methoxy groups -OCH3 is 1. The van der Waals surface area contributed by atoms with Crippen LogP contribution in [0.3, 0.4) is 0 Å². The van der Waals surface area contributed by atoms with Gasteiger partial charge in [0.15, 0.2) is 0 Å². The van der Waals surface area contributed by atoms with E-state index >= 15 is 0 Å². The van der Waals surface area contributed by atoms with Crippen molar-refractivity contribution >= 4 is 17.8 Å². The molecule has 1 aromatic rings. The van der Waals surface area contributed by atoms with E-state index in [0.29, 0.717) is 5.69 Å². The topological polar surface area (TPSA) is 147 Å². The monoisotopic (exact) mass is 298 g/mol. The second-order valence-electron chi connectivity index (χ2n) is 4.39. The van der Waals surface area contributed by atoms with Gasteiger partial charge in [-0.1, -0.05) is 0 Å². The average molecular weight is 298 g/mol. The van der Waals surface area contributed by atoms with E-state index in [1.807, 2.05) is 0 Å². The van der Waals surface area contributed by atoms with Gasteiger partial charge in [0.2, 0.25) is 5.91 Å². The Morgan fingerprint density at radius 2 is 2.24 bits per heavy atom. The number of imidazole rings is 1. The second-order valence-corrected chi connectivity index (χ2v) is 4.39. The number of carboxylic acids is 1. The Labute approximate surface area is 120 Å². The number of carbonyl (C=O) groups is 3. The molecule has 9 nitrogen and oxygen atoms in total. The van der Waals surface area contributed by atoms with Gasteiger partial charge < -0.3 is 25.9 Å². The van der Waals surface area contributed by atoms with Crippen LogP contribution >= 0.6 is 0 Å². The molecule has 0 saturated heterocycles. The predicted molar refractivity (Wildman–Crippen MR) is 71.1 cm³/mol. The summed E-state index contributed by atoms with van der Waals surface area (Å²) >= 11 is 0. The molecule has 5 N–H and O–H groups in total. The molecule has 21 heavy (non-hydrogen) atoms. The average Bonchev–Trinajstić information content (AvgIpc) is 2.95. The minimum atomic E-state index is -1.16. The van der Waals surface area contributed by atoms with Crippen LogP contribution in [-0.2, 0) is 25.5 Å². The maximum Gasteiger partial charge on any atom is 0.326 e. The maximum atomic E-state index is 11.7. The lowest BCUT2D eigenvalue weighted by molar-refractivity contribution is -0.143. The summed E-state index contributed by atoms with van der Waals surface area (Å²) in [6.45, 7) is 0. The zero-order valence-corrected chi connectivity index (χ0v) is 11.5. The predicted octanol–water partition coefficient (Wildman–Crippen LogP) is -1.20. The lowest BCUT2D eigenvalue weighted by Crippen LogP contribution is -2.43. The standard InChI is InChI=1S/C12H18N4O5/c1-21-12(20)8(13)2-3-10(17)16-9(11(18)19)4-7-5-14-6-15-7/h5-6,8-9H,2-4,13H2,1H3,(H,14,15)(H,16,17)(H,18,19). The number of hydrogen-bond donors (Lipinski definition) is 4. The lowest BCUT2D eigenvalue weighted by atomic mass is 10.1. The Bertz CT molecular complexity index is 488. The first-order valence-electron chi connectivity index (χ1n) is 6.27. The van der Waals surface area contributed by atoms with Crippen molar-refractivity contribution in [2.24, 2.45) is 5.73 Å². The van der Waals surface area contributed by atoms with E-state index in [1.165, 1.54) is 13.4 Å². The highest BCUT2D eigenvalue weighted by Gasteiger charge is 2.22. The van der Waals surface area contributed by atoms with Crippen LogP contribution in [-0.4, -0.2) is 52.1 Å². The molecule has 0 fully saturated rings. The number of amides is 1. The Hall–Kier alpha value is -2.42. The highest BCUT2D eigenvalue weighted by molar-refractivity contribution is 5.84. The van der Waals surface area contributed by atoms with E-state index in [2.05, 4.69) is 20.0 Å². The number of carboxylic acid groups (broad SMARTS) is 1. The number of ether oxygens (including phenoxy) is 1. The third kappa shape index (κ3) is 5.61. The number of nitrogens with zero attached hydrogens (tertiary/aromatic N) is 1. The Morgan fingerprint density at radius 3 is 2.76 bits per heavy atom. The van der Waals surface area contributed by atoms with E-state index in [1.54, 1.807) is 6.20 Å². The lowest BCUT2D eigenvalue weighted by Gasteiger charge is -2.14. The molecule has 116 valence electrons. The van der Waals surface area contributed by atoms with Crippen molar-refractivity contribution in [3.05, 3.63) is 18.2 Å². The van der Waals surface area contributed by atoms with Crippen LogP contribution in [0.25, 0.3) is 0 Å². The van der Waals surface area contributed by atoms with Gasteiger partial charge in [-0.2, -0.15) is 0 Å². The van der Waals surface area contributed by atoms with Gasteiger partial charge in [-0.15, -0.1) is 0 Å². The van der Waals surface area contributed by atoms with Gasteiger partial charge in [-0.25, -0.2) is 9.78 Å². The molecule has 0 saturated carbocycles. The third-order valence-electron chi connectivity index (χ3n) is 2.79. The molecular weight excluding hydrogens is 280 g/mol. The van der Waals surface area contributed by atoms with Crippen molar-refractivity contribution in [3.8, 4) is 0 Å². The van der Waals surface area contributed by atoms with Crippen molar-refractivity contribution in [1.82, 2.24) is 15.3 Å². The first kappa shape index (κ1) is 16.6. The number of H-pyrrole nitrogens is 1. The second kappa shape index (κ2) is 8.00. The van der Waals surface area contributed by atoms with Crippen molar-refractivity contribution in [1.29, 1.82) is 0 Å². The molecule has 2 atom stereocenters. The van der Waals surface area contributed by atoms with Crippen LogP contribution in [0.4, 0.5) is 0 Å². The van der Waals surface area contributed by atoms with E-state index in [4.69, 9.17) is 10.8 Å². The van der Waals surface area contributed by atoms with Crippen molar-refractivity contribution < 1.29 is 24.2 Å². The highest BCUT2D eigenvalue weighted by Crippen LogP contribution is 2.01. The first-order chi connectivity index (χ1) is 9.93. The van der Waals surface area contributed by atoms with Crippen molar-refractivity contribution in [3.63, 3.8) is 0 Å². The first-order valence-corrected chi connectivity index (χ1v) is 6.27. The quantitative estimate of drug-likeness (QED) is 0.441. The molecule has 9 heteroatoms. The van der Waals surface area contributed by atoms with Crippen LogP contribution in [0.5, 0.6) is 0 Å². The van der Waals surface area contributed by atoms with Crippen LogP contribution in [0.15, 0.2) is 12.5 Å². The molecule has 0 bridgehead atoms. The number of carbonyl (C=O) groups excluding carboxylic acids is 2. The molecular formula is C12H18N4O5. The fourth-order valence-corrected chi connectivity index (χ4v) is 1.63. The molecule has 0 radical (unpaired) electrons. The smallest absolute Gasteiger partial charge is 0.326 e. The van der Waals surface area contributed by atoms with E-state index in [9.17, 15) is 14.4 Å². The maximum absolute atomic E-state index is 11.7. The number of aliphatic carboxylic acids is 1. The van der Waals surface area contributed by atoms with E-state index in [-0.39, 0.29) is 19.3 Å². The molecule has 1 amide bonds. The normalized spacial score (nSPS) is 13.2.